The molecule has 2 aromatic rings. The number of nitrogens with zero attached hydrogens (tertiary/aromatic N) is 1. The first-order chi connectivity index (χ1) is 10.8. The number of aromatic nitrogens is 1. The van der Waals surface area contributed by atoms with E-state index in [1.54, 1.807) is 0 Å². The van der Waals surface area contributed by atoms with Crippen LogP contribution in [0.1, 0.15) is 10.4 Å². The zero-order chi connectivity index (χ0) is 17.3. The number of methoxy groups -OCH3 is 1. The largest absolute Gasteiger partial charge is 0.494 e. The zero-order valence-corrected chi connectivity index (χ0v) is 14.9. The maximum absolute atomic E-state index is 11.2. The van der Waals surface area contributed by atoms with Gasteiger partial charge in [0, 0.05) is 6.07 Å². The molecule has 0 aliphatic carbocycles. The van der Waals surface area contributed by atoms with Crippen LogP contribution < -0.4 is 9.47 Å². The molecule has 2 rings (SSSR count). The average Bonchev–Trinajstić information content (AvgIpc) is 2.47. The van der Waals surface area contributed by atoms with Crippen molar-refractivity contribution in [3.63, 3.8) is 0 Å². The highest BCUT2D eigenvalue weighted by molar-refractivity contribution is 6.42. The van der Waals surface area contributed by atoms with Crippen molar-refractivity contribution in [1.82, 2.24) is 4.98 Å². The molecule has 0 atom stereocenters. The van der Waals surface area contributed by atoms with Crippen LogP contribution in [-0.2, 0) is 0 Å². The number of aromatic carboxylic acids is 1. The summed E-state index contributed by atoms with van der Waals surface area (Å²) in [4.78, 5) is 15.1. The van der Waals surface area contributed by atoms with Crippen LogP contribution in [0.5, 0.6) is 17.4 Å². The highest BCUT2D eigenvalue weighted by atomic mass is 35.5. The Morgan fingerprint density at radius 2 is 1.74 bits per heavy atom. The SMILES string of the molecule is COc1c(Cl)c(Oc2nc(Cl)c(Cl)cc2Cl)cc(Cl)c1C(=O)O. The van der Waals surface area contributed by atoms with Crippen molar-refractivity contribution >= 4 is 64.0 Å². The van der Waals surface area contributed by atoms with Crippen LogP contribution in [0.25, 0.3) is 0 Å². The van der Waals surface area contributed by atoms with Crippen LogP contribution in [0, 0.1) is 0 Å². The van der Waals surface area contributed by atoms with E-state index >= 15 is 0 Å². The van der Waals surface area contributed by atoms with Crippen LogP contribution >= 0.6 is 58.0 Å². The minimum absolute atomic E-state index is 0.00805. The van der Waals surface area contributed by atoms with Gasteiger partial charge in [-0.3, -0.25) is 0 Å². The number of pyridine rings is 1. The Kier molecular flexibility index (Phi) is 5.70. The number of carboxylic acids is 1. The average molecular weight is 417 g/mol. The third-order valence-corrected chi connectivity index (χ3v) is 4.22. The van der Waals surface area contributed by atoms with E-state index in [1.807, 2.05) is 0 Å². The number of carbonyl (C=O) groups is 1. The van der Waals surface area contributed by atoms with E-state index in [9.17, 15) is 4.79 Å². The van der Waals surface area contributed by atoms with Gasteiger partial charge < -0.3 is 14.6 Å². The Balaban J connectivity index is 2.56. The molecule has 0 unspecified atom stereocenters. The topological polar surface area (TPSA) is 68.7 Å². The lowest BCUT2D eigenvalue weighted by atomic mass is 10.2. The fourth-order valence-corrected chi connectivity index (χ4v) is 2.71. The van der Waals surface area contributed by atoms with E-state index in [1.165, 1.54) is 19.2 Å². The maximum atomic E-state index is 11.2. The number of hydrogen-bond donors (Lipinski definition) is 1. The van der Waals surface area contributed by atoms with E-state index in [-0.39, 0.29) is 48.2 Å². The van der Waals surface area contributed by atoms with Gasteiger partial charge in [-0.25, -0.2) is 4.79 Å². The lowest BCUT2D eigenvalue weighted by Gasteiger charge is -2.14. The predicted molar refractivity (Wildman–Crippen MR) is 89.3 cm³/mol. The quantitative estimate of drug-likeness (QED) is 0.632. The van der Waals surface area contributed by atoms with Crippen LogP contribution in [0.4, 0.5) is 0 Å². The molecule has 0 saturated heterocycles. The summed E-state index contributed by atoms with van der Waals surface area (Å²) in [6.45, 7) is 0. The first-order valence-corrected chi connectivity index (χ1v) is 7.63. The van der Waals surface area contributed by atoms with Gasteiger partial charge in [0.1, 0.15) is 15.6 Å². The molecule has 0 aliphatic heterocycles. The molecule has 1 aromatic heterocycles. The molecule has 1 N–H and O–H groups in total. The Hall–Kier alpha value is -1.11. The van der Waals surface area contributed by atoms with Gasteiger partial charge in [0.15, 0.2) is 16.7 Å². The highest BCUT2D eigenvalue weighted by Gasteiger charge is 2.24. The summed E-state index contributed by atoms with van der Waals surface area (Å²) in [5.74, 6) is -1.54. The Morgan fingerprint density at radius 1 is 1.09 bits per heavy atom. The molecule has 0 spiro atoms. The van der Waals surface area contributed by atoms with E-state index < -0.39 is 5.97 Å². The molecule has 1 aromatic carbocycles. The second-order valence-electron chi connectivity index (χ2n) is 4.03. The third-order valence-electron chi connectivity index (χ3n) is 2.62. The molecule has 0 aliphatic rings. The summed E-state index contributed by atoms with van der Waals surface area (Å²) in [6, 6.07) is 2.54. The molecular weight excluding hydrogens is 411 g/mol. The monoisotopic (exact) mass is 415 g/mol. The number of halogens is 5. The normalized spacial score (nSPS) is 10.5. The summed E-state index contributed by atoms with van der Waals surface area (Å²) in [5.41, 5.74) is -0.292. The van der Waals surface area contributed by atoms with E-state index in [4.69, 9.17) is 72.6 Å². The fraction of sp³-hybridized carbons (Fsp3) is 0.0769. The first-order valence-electron chi connectivity index (χ1n) is 5.75. The number of rotatable bonds is 4. The maximum Gasteiger partial charge on any atom is 0.341 e. The number of ether oxygens (including phenoxy) is 2. The van der Waals surface area contributed by atoms with E-state index in [0.29, 0.717) is 0 Å². The minimum atomic E-state index is -1.30. The smallest absolute Gasteiger partial charge is 0.341 e. The molecule has 122 valence electrons. The van der Waals surface area contributed by atoms with Gasteiger partial charge in [0.25, 0.3) is 0 Å². The van der Waals surface area contributed by atoms with Crippen molar-refractivity contribution in [2.75, 3.05) is 7.11 Å². The lowest BCUT2D eigenvalue weighted by molar-refractivity contribution is 0.0693. The standard InChI is InChI=1S/C13H6Cl5NO4/c1-22-10-8(13(20)21)4(14)3-7(9(10)17)23-12-6(16)2-5(15)11(18)19-12/h2-3H,1H3,(H,20,21). The molecule has 5 nitrogen and oxygen atoms in total. The number of benzene rings is 1. The van der Waals surface area contributed by atoms with Crippen molar-refractivity contribution in [2.24, 2.45) is 0 Å². The molecule has 0 radical (unpaired) electrons. The highest BCUT2D eigenvalue weighted by Crippen LogP contribution is 2.44. The zero-order valence-electron chi connectivity index (χ0n) is 11.2. The number of carboxylic acid groups (broad SMARTS) is 1. The second-order valence-corrected chi connectivity index (χ2v) is 5.99. The predicted octanol–water partition coefficient (Wildman–Crippen LogP) is 5.85. The molecule has 0 saturated carbocycles. The van der Waals surface area contributed by atoms with Crippen molar-refractivity contribution in [3.05, 3.63) is 42.9 Å². The van der Waals surface area contributed by atoms with Crippen molar-refractivity contribution in [3.8, 4) is 17.4 Å². The van der Waals surface area contributed by atoms with Gasteiger partial charge in [0.05, 0.1) is 17.2 Å². The van der Waals surface area contributed by atoms with Gasteiger partial charge in [-0.2, -0.15) is 4.98 Å². The molecule has 0 amide bonds. The van der Waals surface area contributed by atoms with Crippen LogP contribution in [-0.4, -0.2) is 23.2 Å². The minimum Gasteiger partial charge on any atom is -0.494 e. The Labute approximate surface area is 155 Å². The summed E-state index contributed by atoms with van der Waals surface area (Å²) in [6.07, 6.45) is 0. The summed E-state index contributed by atoms with van der Waals surface area (Å²) in [7, 11) is 1.25. The fourth-order valence-electron chi connectivity index (χ4n) is 1.65. The summed E-state index contributed by atoms with van der Waals surface area (Å²) >= 11 is 29.6. The molecular formula is C13H6Cl5NO4. The Bertz CT molecular complexity index is 797. The molecule has 23 heavy (non-hydrogen) atoms. The van der Waals surface area contributed by atoms with Gasteiger partial charge in [0.2, 0.25) is 5.88 Å². The molecule has 0 bridgehead atoms. The van der Waals surface area contributed by atoms with Crippen LogP contribution in [0.15, 0.2) is 12.1 Å². The van der Waals surface area contributed by atoms with Crippen LogP contribution in [0.3, 0.4) is 0 Å². The van der Waals surface area contributed by atoms with E-state index in [2.05, 4.69) is 4.98 Å². The first kappa shape index (κ1) is 18.2. The second kappa shape index (κ2) is 7.20. The van der Waals surface area contributed by atoms with Crippen molar-refractivity contribution in [1.29, 1.82) is 0 Å². The molecule has 0 fully saturated rings. The molecule has 10 heteroatoms. The number of hydrogen-bond acceptors (Lipinski definition) is 4. The van der Waals surface area contributed by atoms with Crippen molar-refractivity contribution in [2.45, 2.75) is 0 Å². The summed E-state index contributed by atoms with van der Waals surface area (Å²) < 4.78 is 10.5. The van der Waals surface area contributed by atoms with Crippen LogP contribution in [0.2, 0.25) is 25.2 Å². The third kappa shape index (κ3) is 3.70. The lowest BCUT2D eigenvalue weighted by Crippen LogP contribution is -2.03. The van der Waals surface area contributed by atoms with Gasteiger partial charge in [-0.1, -0.05) is 58.0 Å². The van der Waals surface area contributed by atoms with Gasteiger partial charge >= 0.3 is 5.97 Å². The van der Waals surface area contributed by atoms with Crippen molar-refractivity contribution < 1.29 is 19.4 Å². The van der Waals surface area contributed by atoms with Gasteiger partial charge in [-0.05, 0) is 6.07 Å². The Morgan fingerprint density at radius 3 is 2.30 bits per heavy atom. The summed E-state index contributed by atoms with van der Waals surface area (Å²) in [5, 5.41) is 9.11. The van der Waals surface area contributed by atoms with Gasteiger partial charge in [-0.15, -0.1) is 0 Å². The molecule has 1 heterocycles. The van der Waals surface area contributed by atoms with E-state index in [0.717, 1.165) is 0 Å².